The Bertz CT molecular complexity index is 1230. The Labute approximate surface area is 198 Å². The largest absolute Gasteiger partial charge is 0.480 e. The van der Waals surface area contributed by atoms with Crippen LogP contribution in [0.4, 0.5) is 19.3 Å². The van der Waals surface area contributed by atoms with Crippen molar-refractivity contribution in [3.05, 3.63) is 71.5 Å². The second-order valence-electron chi connectivity index (χ2n) is 8.01. The molecule has 182 valence electrons. The molecule has 11 heteroatoms. The van der Waals surface area contributed by atoms with Crippen LogP contribution in [0.3, 0.4) is 0 Å². The molecule has 35 heavy (non-hydrogen) atoms. The number of fused-ring (bicyclic) bond motifs is 3. The van der Waals surface area contributed by atoms with Gasteiger partial charge in [0, 0.05) is 25.6 Å². The van der Waals surface area contributed by atoms with E-state index in [4.69, 9.17) is 9.84 Å². The predicted octanol–water partition coefficient (Wildman–Crippen LogP) is 3.62. The highest BCUT2D eigenvalue weighted by Gasteiger charge is 2.30. The van der Waals surface area contributed by atoms with E-state index >= 15 is 0 Å². The van der Waals surface area contributed by atoms with E-state index in [1.165, 1.54) is 17.9 Å². The van der Waals surface area contributed by atoms with Gasteiger partial charge >= 0.3 is 12.1 Å². The molecular formula is C24H22F2N4O5. The summed E-state index contributed by atoms with van der Waals surface area (Å²) in [5, 5.41) is 17.4. The summed E-state index contributed by atoms with van der Waals surface area (Å²) in [7, 11) is 1.48. The maximum absolute atomic E-state index is 12.6. The number of aryl methyl sites for hydroxylation is 1. The van der Waals surface area contributed by atoms with Gasteiger partial charge in [-0.15, -0.1) is 0 Å². The average Bonchev–Trinajstić information content (AvgIpc) is 3.34. The van der Waals surface area contributed by atoms with E-state index in [0.29, 0.717) is 0 Å². The Morgan fingerprint density at radius 3 is 2.26 bits per heavy atom. The van der Waals surface area contributed by atoms with Gasteiger partial charge in [-0.3, -0.25) is 14.8 Å². The number of alkyl halides is 2. The number of hydrogen-bond acceptors (Lipinski definition) is 5. The molecule has 0 bridgehead atoms. The fourth-order valence-electron chi connectivity index (χ4n) is 4.12. The van der Waals surface area contributed by atoms with Crippen LogP contribution in [0.15, 0.2) is 54.7 Å². The van der Waals surface area contributed by atoms with Gasteiger partial charge in [0.1, 0.15) is 12.6 Å². The molecule has 1 aromatic heterocycles. The number of rotatable bonds is 8. The summed E-state index contributed by atoms with van der Waals surface area (Å²) in [6.45, 7) is 0.0388. The van der Waals surface area contributed by atoms with Crippen LogP contribution in [-0.2, 0) is 16.6 Å². The summed E-state index contributed by atoms with van der Waals surface area (Å²) in [6, 6.07) is 13.9. The number of nitrogens with one attached hydrogen (secondary N) is 2. The third kappa shape index (κ3) is 5.13. The average molecular weight is 484 g/mol. The first-order chi connectivity index (χ1) is 16.7. The minimum absolute atomic E-state index is 0.0388. The zero-order chi connectivity index (χ0) is 25.1. The maximum Gasteiger partial charge on any atom is 0.411 e. The fourth-order valence-corrected chi connectivity index (χ4v) is 4.12. The number of aromatic nitrogens is 2. The van der Waals surface area contributed by atoms with Crippen LogP contribution in [0.2, 0.25) is 0 Å². The Kier molecular flexibility index (Phi) is 6.76. The van der Waals surface area contributed by atoms with Crippen LogP contribution >= 0.6 is 0 Å². The number of benzene rings is 2. The molecule has 3 aromatic rings. The lowest BCUT2D eigenvalue weighted by Crippen LogP contribution is -2.42. The highest BCUT2D eigenvalue weighted by Crippen LogP contribution is 2.44. The van der Waals surface area contributed by atoms with Crippen LogP contribution in [0, 0.1) is 0 Å². The Morgan fingerprint density at radius 2 is 1.69 bits per heavy atom. The molecule has 4 rings (SSSR count). The molecule has 0 radical (unpaired) electrons. The van der Waals surface area contributed by atoms with E-state index in [9.17, 15) is 23.2 Å². The summed E-state index contributed by atoms with van der Waals surface area (Å²) in [4.78, 5) is 36.3. The van der Waals surface area contributed by atoms with Crippen LogP contribution in [0.1, 0.15) is 34.0 Å². The van der Waals surface area contributed by atoms with Crippen molar-refractivity contribution in [1.29, 1.82) is 0 Å². The van der Waals surface area contributed by atoms with Crippen LogP contribution in [0.5, 0.6) is 0 Å². The van der Waals surface area contributed by atoms with Crippen LogP contribution < -0.4 is 10.6 Å². The molecule has 1 heterocycles. The Hall–Kier alpha value is -4.28. The summed E-state index contributed by atoms with van der Waals surface area (Å²) >= 11 is 0. The van der Waals surface area contributed by atoms with Crippen molar-refractivity contribution in [2.45, 2.75) is 24.8 Å². The van der Waals surface area contributed by atoms with Crippen LogP contribution in [0.25, 0.3) is 11.1 Å². The van der Waals surface area contributed by atoms with Gasteiger partial charge in [-0.1, -0.05) is 48.5 Å². The number of nitrogens with zero attached hydrogens (tertiary/aromatic N) is 2. The first-order valence-electron chi connectivity index (χ1n) is 10.7. The smallest absolute Gasteiger partial charge is 0.411 e. The third-order valence-electron chi connectivity index (χ3n) is 5.64. The van der Waals surface area contributed by atoms with E-state index in [1.54, 1.807) is 0 Å². The number of carboxylic acids is 1. The van der Waals surface area contributed by atoms with Crippen molar-refractivity contribution in [3.63, 3.8) is 0 Å². The number of carbonyl (C=O) groups is 3. The SMILES string of the molecule is Cn1cc(NC(=O)OCC2c3ccccc3-c3ccccc32)c(C(=O)NC(CC(F)F)C(=O)O)n1. The first-order valence-corrected chi connectivity index (χ1v) is 10.7. The lowest BCUT2D eigenvalue weighted by Gasteiger charge is -2.15. The van der Waals surface area contributed by atoms with E-state index < -0.39 is 36.9 Å². The highest BCUT2D eigenvalue weighted by atomic mass is 19.3. The van der Waals surface area contributed by atoms with Gasteiger partial charge in [-0.2, -0.15) is 5.10 Å². The number of carbonyl (C=O) groups excluding carboxylic acids is 2. The van der Waals surface area contributed by atoms with Gasteiger partial charge in [-0.05, 0) is 22.3 Å². The summed E-state index contributed by atoms with van der Waals surface area (Å²) < 4.78 is 32.0. The van der Waals surface area contributed by atoms with Gasteiger partial charge in [-0.25, -0.2) is 18.4 Å². The first kappa shape index (κ1) is 23.9. The van der Waals surface area contributed by atoms with Gasteiger partial charge in [0.25, 0.3) is 5.91 Å². The lowest BCUT2D eigenvalue weighted by molar-refractivity contribution is -0.140. The maximum atomic E-state index is 12.6. The normalized spacial score (nSPS) is 13.1. The second kappa shape index (κ2) is 9.92. The number of carboxylic acid groups (broad SMARTS) is 1. The quantitative estimate of drug-likeness (QED) is 0.449. The molecule has 2 aromatic carbocycles. The van der Waals surface area contributed by atoms with Crippen molar-refractivity contribution in [3.8, 4) is 11.1 Å². The number of hydrogen-bond donors (Lipinski definition) is 3. The van der Waals surface area contributed by atoms with Crippen LogP contribution in [-0.4, -0.2) is 51.9 Å². The van der Waals surface area contributed by atoms with Crippen molar-refractivity contribution >= 4 is 23.7 Å². The molecule has 2 amide bonds. The van der Waals surface area contributed by atoms with Gasteiger partial charge in [0.15, 0.2) is 5.69 Å². The van der Waals surface area contributed by atoms with E-state index in [0.717, 1.165) is 22.3 Å². The number of aliphatic carboxylic acids is 1. The molecule has 0 spiro atoms. The molecule has 1 aliphatic carbocycles. The molecule has 1 atom stereocenters. The van der Waals surface area contributed by atoms with E-state index in [-0.39, 0.29) is 23.9 Å². The summed E-state index contributed by atoms with van der Waals surface area (Å²) in [6.07, 6.45) is -3.53. The van der Waals surface area contributed by atoms with Gasteiger partial charge < -0.3 is 15.2 Å². The van der Waals surface area contributed by atoms with E-state index in [1.807, 2.05) is 53.8 Å². The molecular weight excluding hydrogens is 462 g/mol. The number of halogens is 2. The van der Waals surface area contributed by atoms with Gasteiger partial charge in [0.2, 0.25) is 6.43 Å². The molecule has 1 unspecified atom stereocenters. The molecule has 0 saturated heterocycles. The molecule has 0 fully saturated rings. The minimum atomic E-state index is -2.93. The Balaban J connectivity index is 1.44. The number of ether oxygens (including phenoxy) is 1. The molecule has 0 saturated carbocycles. The minimum Gasteiger partial charge on any atom is -0.480 e. The monoisotopic (exact) mass is 484 g/mol. The van der Waals surface area contributed by atoms with Gasteiger partial charge in [0.05, 0.1) is 5.69 Å². The molecule has 3 N–H and O–H groups in total. The molecule has 1 aliphatic rings. The Morgan fingerprint density at radius 1 is 1.09 bits per heavy atom. The molecule has 0 aliphatic heterocycles. The topological polar surface area (TPSA) is 123 Å². The number of amides is 2. The summed E-state index contributed by atoms with van der Waals surface area (Å²) in [5.41, 5.74) is 3.81. The molecule has 9 nitrogen and oxygen atoms in total. The highest BCUT2D eigenvalue weighted by molar-refractivity contribution is 6.02. The standard InChI is InChI=1S/C24H22F2N4O5/c1-30-11-19(21(29-30)22(31)27-18(23(32)33)10-20(25)26)28-24(34)35-12-17-15-8-4-2-6-13(15)14-7-3-5-9-16(14)17/h2-9,11,17-18,20H,10,12H2,1H3,(H,27,31)(H,28,34)(H,32,33). The van der Waals surface area contributed by atoms with E-state index in [2.05, 4.69) is 10.4 Å². The zero-order valence-electron chi connectivity index (χ0n) is 18.6. The van der Waals surface area contributed by atoms with Crippen molar-refractivity contribution in [2.24, 2.45) is 7.05 Å². The fraction of sp³-hybridized carbons (Fsp3) is 0.250. The second-order valence-corrected chi connectivity index (χ2v) is 8.01. The van der Waals surface area contributed by atoms with Crippen molar-refractivity contribution in [1.82, 2.24) is 15.1 Å². The van der Waals surface area contributed by atoms with Crippen molar-refractivity contribution in [2.75, 3.05) is 11.9 Å². The predicted molar refractivity (Wildman–Crippen MR) is 121 cm³/mol. The third-order valence-corrected chi connectivity index (χ3v) is 5.64. The van der Waals surface area contributed by atoms with Crippen molar-refractivity contribution < 1.29 is 33.0 Å². The summed E-state index contributed by atoms with van der Waals surface area (Å²) in [5.74, 6) is -2.80. The number of anilines is 1. The zero-order valence-corrected chi connectivity index (χ0v) is 18.6. The lowest BCUT2D eigenvalue weighted by atomic mass is 9.98.